The number of carbonyl (C=O) groups excluding carboxylic acids is 1. The van der Waals surface area contributed by atoms with Crippen LogP contribution in [0.25, 0.3) is 6.08 Å². The number of anilines is 1. The molecule has 0 saturated carbocycles. The Morgan fingerprint density at radius 2 is 2.03 bits per heavy atom. The van der Waals surface area contributed by atoms with E-state index in [1.165, 1.54) is 15.9 Å². The van der Waals surface area contributed by atoms with E-state index in [1.807, 2.05) is 43.3 Å². The first-order valence-electron chi connectivity index (χ1n) is 10.5. The second kappa shape index (κ2) is 9.11. The first-order valence-corrected chi connectivity index (χ1v) is 11.3. The molecule has 3 aromatic rings. The van der Waals surface area contributed by atoms with Crippen LogP contribution in [0.5, 0.6) is 5.75 Å². The summed E-state index contributed by atoms with van der Waals surface area (Å²) in [5.74, 6) is 1.29. The van der Waals surface area contributed by atoms with E-state index in [4.69, 9.17) is 13.9 Å². The number of esters is 1. The molecule has 0 bridgehead atoms. The average molecular weight is 468 g/mol. The highest BCUT2D eigenvalue weighted by Crippen LogP contribution is 2.35. The van der Waals surface area contributed by atoms with E-state index in [2.05, 4.69) is 4.99 Å². The molecule has 1 aromatic carbocycles. The molecule has 172 valence electrons. The van der Waals surface area contributed by atoms with Crippen molar-refractivity contribution < 1.29 is 18.7 Å². The van der Waals surface area contributed by atoms with Gasteiger partial charge >= 0.3 is 5.97 Å². The summed E-state index contributed by atoms with van der Waals surface area (Å²) in [6.07, 6.45) is 1.69. The maximum atomic E-state index is 13.6. The summed E-state index contributed by atoms with van der Waals surface area (Å²) >= 11 is 1.24. The third-order valence-corrected chi connectivity index (χ3v) is 6.26. The summed E-state index contributed by atoms with van der Waals surface area (Å²) in [5.41, 5.74) is 1.22. The van der Waals surface area contributed by atoms with E-state index in [-0.39, 0.29) is 12.2 Å². The molecule has 0 aliphatic carbocycles. The van der Waals surface area contributed by atoms with Crippen molar-refractivity contribution in [2.45, 2.75) is 19.9 Å². The van der Waals surface area contributed by atoms with Crippen LogP contribution in [0.1, 0.15) is 31.2 Å². The fourth-order valence-corrected chi connectivity index (χ4v) is 4.79. The van der Waals surface area contributed by atoms with Crippen molar-refractivity contribution >= 4 is 29.3 Å². The topological polar surface area (TPSA) is 86.3 Å². The van der Waals surface area contributed by atoms with Gasteiger partial charge in [0.15, 0.2) is 10.7 Å². The van der Waals surface area contributed by atoms with Crippen molar-refractivity contribution in [1.29, 1.82) is 0 Å². The number of allylic oxidation sites excluding steroid dienone is 1. The second-order valence-corrected chi connectivity index (χ2v) is 8.62. The number of nitrogens with zero attached hydrogens (tertiary/aromatic N) is 3. The van der Waals surface area contributed by atoms with Crippen LogP contribution in [0, 0.1) is 0 Å². The van der Waals surface area contributed by atoms with Crippen LogP contribution in [0.4, 0.5) is 5.88 Å². The molecule has 0 amide bonds. The fourth-order valence-electron chi connectivity index (χ4n) is 3.77. The lowest BCUT2D eigenvalue weighted by Crippen LogP contribution is -2.40. The van der Waals surface area contributed by atoms with Gasteiger partial charge in [-0.25, -0.2) is 9.79 Å². The van der Waals surface area contributed by atoms with Gasteiger partial charge in [-0.15, -0.1) is 0 Å². The number of hydrogen-bond donors (Lipinski definition) is 0. The highest BCUT2D eigenvalue weighted by molar-refractivity contribution is 7.07. The summed E-state index contributed by atoms with van der Waals surface area (Å²) in [6, 6.07) is 10.2. The van der Waals surface area contributed by atoms with Crippen molar-refractivity contribution in [3.05, 3.63) is 78.7 Å². The Hall–Kier alpha value is -3.59. The lowest BCUT2D eigenvalue weighted by atomic mass is 9.95. The summed E-state index contributed by atoms with van der Waals surface area (Å²) in [4.78, 5) is 33.5. The Morgan fingerprint density at radius 3 is 2.70 bits per heavy atom. The molecule has 8 nitrogen and oxygen atoms in total. The van der Waals surface area contributed by atoms with Gasteiger partial charge in [0.2, 0.25) is 0 Å². The van der Waals surface area contributed by atoms with E-state index in [9.17, 15) is 9.59 Å². The van der Waals surface area contributed by atoms with Crippen molar-refractivity contribution in [3.63, 3.8) is 0 Å². The normalized spacial score (nSPS) is 15.8. The molecule has 2 aromatic heterocycles. The molecule has 4 rings (SSSR count). The first-order chi connectivity index (χ1) is 15.8. The van der Waals surface area contributed by atoms with E-state index in [1.54, 1.807) is 39.2 Å². The number of methoxy groups -OCH3 is 1. The van der Waals surface area contributed by atoms with Crippen LogP contribution < -0.4 is 24.5 Å². The predicted molar refractivity (Wildman–Crippen MR) is 126 cm³/mol. The van der Waals surface area contributed by atoms with Gasteiger partial charge in [-0.1, -0.05) is 29.5 Å². The minimum atomic E-state index is -0.729. The lowest BCUT2D eigenvalue weighted by molar-refractivity contribution is -0.139. The van der Waals surface area contributed by atoms with Crippen molar-refractivity contribution in [2.24, 2.45) is 4.99 Å². The average Bonchev–Trinajstić information content (AvgIpc) is 3.38. The molecule has 0 unspecified atom stereocenters. The van der Waals surface area contributed by atoms with Crippen molar-refractivity contribution in [1.82, 2.24) is 4.57 Å². The van der Waals surface area contributed by atoms with E-state index in [0.717, 1.165) is 0 Å². The smallest absolute Gasteiger partial charge is 0.338 e. The highest BCUT2D eigenvalue weighted by atomic mass is 32.1. The predicted octanol–water partition coefficient (Wildman–Crippen LogP) is 2.47. The molecule has 0 saturated heterocycles. The molecule has 0 spiro atoms. The molecule has 33 heavy (non-hydrogen) atoms. The third-order valence-electron chi connectivity index (χ3n) is 5.28. The van der Waals surface area contributed by atoms with Gasteiger partial charge < -0.3 is 18.8 Å². The minimum absolute atomic E-state index is 0.214. The van der Waals surface area contributed by atoms with E-state index < -0.39 is 12.0 Å². The van der Waals surface area contributed by atoms with Crippen molar-refractivity contribution in [2.75, 3.05) is 32.7 Å². The number of ether oxygens (including phenoxy) is 2. The number of hydrogen-bond acceptors (Lipinski definition) is 8. The zero-order valence-corrected chi connectivity index (χ0v) is 19.9. The summed E-state index contributed by atoms with van der Waals surface area (Å²) < 4.78 is 18.7. The van der Waals surface area contributed by atoms with Gasteiger partial charge in [0.05, 0.1) is 29.5 Å². The van der Waals surface area contributed by atoms with Crippen molar-refractivity contribution in [3.8, 4) is 5.75 Å². The molecule has 3 heterocycles. The van der Waals surface area contributed by atoms with Gasteiger partial charge in [-0.05, 0) is 26.0 Å². The Kier molecular flexibility index (Phi) is 6.24. The quantitative estimate of drug-likeness (QED) is 0.518. The number of para-hydroxylation sites is 1. The molecular weight excluding hydrogens is 442 g/mol. The van der Waals surface area contributed by atoms with E-state index in [0.29, 0.717) is 43.6 Å². The van der Waals surface area contributed by atoms with Crippen LogP contribution in [0.3, 0.4) is 0 Å². The van der Waals surface area contributed by atoms with Crippen LogP contribution in [-0.2, 0) is 9.53 Å². The monoisotopic (exact) mass is 467 g/mol. The third kappa shape index (κ3) is 4.11. The minimum Gasteiger partial charge on any atom is -0.496 e. The first kappa shape index (κ1) is 22.6. The Balaban J connectivity index is 1.96. The van der Waals surface area contributed by atoms with Crippen LogP contribution >= 0.6 is 11.3 Å². The number of fused-ring (bicyclic) bond motifs is 1. The molecule has 9 heteroatoms. The number of furan rings is 1. The summed E-state index contributed by atoms with van der Waals surface area (Å²) in [6.45, 7) is 3.71. The number of aromatic nitrogens is 1. The van der Waals surface area contributed by atoms with Gasteiger partial charge in [0.25, 0.3) is 5.56 Å². The standard InChI is InChI=1S/C24H25N3O5S/c1-6-31-23(29)20-14(2)25-24-27(21(20)16-9-7-8-10-17(16)30-5)22(28)18(33-24)13-15-11-12-19(32-15)26(3)4/h7-13,21H,6H2,1-5H3/b18-13-/t21-/m0/s1. The Labute approximate surface area is 194 Å². The lowest BCUT2D eigenvalue weighted by Gasteiger charge is -2.25. The number of carbonyl (C=O) groups is 1. The summed E-state index contributed by atoms with van der Waals surface area (Å²) in [5, 5.41) is 0. The molecule has 0 radical (unpaired) electrons. The van der Waals surface area contributed by atoms with Gasteiger partial charge in [-0.2, -0.15) is 0 Å². The highest BCUT2D eigenvalue weighted by Gasteiger charge is 2.34. The molecule has 1 aliphatic heterocycles. The fraction of sp³-hybridized carbons (Fsp3) is 0.292. The molecule has 1 aliphatic rings. The maximum Gasteiger partial charge on any atom is 0.338 e. The Bertz CT molecular complexity index is 1410. The van der Waals surface area contributed by atoms with Gasteiger partial charge in [-0.3, -0.25) is 9.36 Å². The molecule has 1 atom stereocenters. The van der Waals surface area contributed by atoms with Gasteiger partial charge in [0.1, 0.15) is 17.6 Å². The number of benzene rings is 1. The zero-order chi connectivity index (χ0) is 23.7. The van der Waals surface area contributed by atoms with Gasteiger partial charge in [0, 0.05) is 31.8 Å². The summed E-state index contributed by atoms with van der Waals surface area (Å²) in [7, 11) is 5.31. The number of thiazole rings is 1. The SMILES string of the molecule is CCOC(=O)C1=C(C)N=c2s/c(=C\c3ccc(N(C)C)o3)c(=O)n2[C@H]1c1ccccc1OC. The Morgan fingerprint density at radius 1 is 1.27 bits per heavy atom. The molecule has 0 N–H and O–H groups in total. The second-order valence-electron chi connectivity index (χ2n) is 7.61. The number of rotatable bonds is 6. The van der Waals surface area contributed by atoms with Crippen LogP contribution in [0.15, 0.2) is 61.9 Å². The molecular formula is C24H25N3O5S. The molecule has 0 fully saturated rings. The van der Waals surface area contributed by atoms with Crippen LogP contribution in [-0.4, -0.2) is 38.3 Å². The van der Waals surface area contributed by atoms with Crippen LogP contribution in [0.2, 0.25) is 0 Å². The zero-order valence-electron chi connectivity index (χ0n) is 19.1. The maximum absolute atomic E-state index is 13.6. The van der Waals surface area contributed by atoms with E-state index >= 15 is 0 Å². The largest absolute Gasteiger partial charge is 0.496 e.